The van der Waals surface area contributed by atoms with Gasteiger partial charge in [-0.1, -0.05) is 42.5 Å². The molecule has 4 nitrogen and oxygen atoms in total. The minimum atomic E-state index is -0.711. The van der Waals surface area contributed by atoms with Crippen LogP contribution in [0.2, 0.25) is 0 Å². The van der Waals surface area contributed by atoms with E-state index in [-0.39, 0.29) is 18.8 Å². The zero-order valence-electron chi connectivity index (χ0n) is 13.3. The molecule has 0 saturated carbocycles. The summed E-state index contributed by atoms with van der Waals surface area (Å²) >= 11 is 0. The molecule has 2 atom stereocenters. The van der Waals surface area contributed by atoms with Gasteiger partial charge in [-0.2, -0.15) is 0 Å². The van der Waals surface area contributed by atoms with Gasteiger partial charge in [0, 0.05) is 12.8 Å². The van der Waals surface area contributed by atoms with E-state index in [2.05, 4.69) is 5.73 Å². The molecule has 24 heavy (non-hydrogen) atoms. The van der Waals surface area contributed by atoms with Crippen LogP contribution in [0.15, 0.2) is 72.0 Å². The van der Waals surface area contributed by atoms with Gasteiger partial charge in [0.1, 0.15) is 5.75 Å². The highest BCUT2D eigenvalue weighted by atomic mass is 16.3. The minimum Gasteiger partial charge on any atom is -0.508 e. The lowest BCUT2D eigenvalue weighted by Crippen LogP contribution is -2.01. The minimum absolute atomic E-state index is 0.152. The van der Waals surface area contributed by atoms with Crippen molar-refractivity contribution in [1.82, 2.24) is 0 Å². The number of hydrogen-bond donors (Lipinski definition) is 4. The maximum Gasteiger partial charge on any atom is 0.115 e. The summed E-state index contributed by atoms with van der Waals surface area (Å²) in [5, 5.41) is 38.9. The molecule has 126 valence electrons. The van der Waals surface area contributed by atoms with Crippen molar-refractivity contribution in [2.75, 3.05) is 6.61 Å². The predicted octanol–water partition coefficient (Wildman–Crippen LogP) is 3.01. The van der Waals surface area contributed by atoms with Crippen LogP contribution in [-0.4, -0.2) is 27.0 Å². The third kappa shape index (κ3) is 5.37. The van der Waals surface area contributed by atoms with Gasteiger partial charge in [-0.05, 0) is 34.9 Å². The van der Waals surface area contributed by atoms with Crippen molar-refractivity contribution >= 4 is 0 Å². The average Bonchev–Trinajstić information content (AvgIpc) is 2.61. The fourth-order valence-electron chi connectivity index (χ4n) is 2.34. The highest BCUT2D eigenvalue weighted by Gasteiger charge is 2.09. The maximum atomic E-state index is 10.2. The molecule has 0 saturated heterocycles. The van der Waals surface area contributed by atoms with E-state index in [1.165, 1.54) is 12.1 Å². The quantitative estimate of drug-likeness (QED) is 0.590. The van der Waals surface area contributed by atoms with Crippen LogP contribution < -0.4 is 0 Å². The molecule has 0 aliphatic heterocycles. The van der Waals surface area contributed by atoms with Crippen LogP contribution in [0.3, 0.4) is 0 Å². The number of rotatable bonds is 7. The molecule has 0 aromatic heterocycles. The Morgan fingerprint density at radius 2 is 1.54 bits per heavy atom. The topological polar surface area (TPSA) is 80.9 Å². The molecule has 4 N–H and O–H groups in total. The lowest BCUT2D eigenvalue weighted by atomic mass is 10.0. The SMILES string of the molecule is OCC(=C=CC[C@@H](O)c1ccc(O)cc1)C[C@@H](O)c1ccccc1. The molecule has 0 aliphatic carbocycles. The first-order valence-corrected chi connectivity index (χ1v) is 7.84. The largest absolute Gasteiger partial charge is 0.508 e. The highest BCUT2D eigenvalue weighted by molar-refractivity contribution is 5.27. The van der Waals surface area contributed by atoms with Crippen LogP contribution in [0, 0.1) is 0 Å². The van der Waals surface area contributed by atoms with E-state index < -0.39 is 12.2 Å². The zero-order valence-corrected chi connectivity index (χ0v) is 13.3. The Morgan fingerprint density at radius 3 is 2.17 bits per heavy atom. The first-order valence-electron chi connectivity index (χ1n) is 7.84. The molecular formula is C20H22O4. The summed E-state index contributed by atoms with van der Waals surface area (Å²) in [6, 6.07) is 15.6. The van der Waals surface area contributed by atoms with E-state index in [1.54, 1.807) is 18.2 Å². The van der Waals surface area contributed by atoms with Crippen molar-refractivity contribution in [3.05, 3.63) is 83.1 Å². The highest BCUT2D eigenvalue weighted by Crippen LogP contribution is 2.21. The summed E-state index contributed by atoms with van der Waals surface area (Å²) in [6.07, 6.45) is 0.858. The van der Waals surface area contributed by atoms with Gasteiger partial charge in [0.15, 0.2) is 0 Å². The van der Waals surface area contributed by atoms with Crippen LogP contribution in [0.25, 0.3) is 0 Å². The van der Waals surface area contributed by atoms with Crippen LogP contribution in [-0.2, 0) is 0 Å². The van der Waals surface area contributed by atoms with Crippen LogP contribution >= 0.6 is 0 Å². The van der Waals surface area contributed by atoms with Gasteiger partial charge >= 0.3 is 0 Å². The summed E-state index contributed by atoms with van der Waals surface area (Å²) < 4.78 is 0. The van der Waals surface area contributed by atoms with Crippen LogP contribution in [0.4, 0.5) is 0 Å². The van der Waals surface area contributed by atoms with Crippen LogP contribution in [0.5, 0.6) is 5.75 Å². The fourth-order valence-corrected chi connectivity index (χ4v) is 2.34. The Balaban J connectivity index is 1.98. The molecule has 0 amide bonds. The number of aromatic hydroxyl groups is 1. The normalized spacial score (nSPS) is 13.0. The van der Waals surface area contributed by atoms with Crippen molar-refractivity contribution in [2.24, 2.45) is 0 Å². The molecule has 2 aromatic rings. The number of aliphatic hydroxyl groups excluding tert-OH is 3. The Hall–Kier alpha value is -2.36. The molecule has 2 rings (SSSR count). The number of aliphatic hydroxyl groups is 3. The van der Waals surface area contributed by atoms with E-state index in [0.717, 1.165) is 5.56 Å². The smallest absolute Gasteiger partial charge is 0.115 e. The summed E-state index contributed by atoms with van der Waals surface area (Å²) in [5.74, 6) is 0.152. The van der Waals surface area contributed by atoms with Gasteiger partial charge in [0.05, 0.1) is 18.8 Å². The van der Waals surface area contributed by atoms with Gasteiger partial charge in [-0.3, -0.25) is 0 Å². The summed E-state index contributed by atoms with van der Waals surface area (Å²) in [7, 11) is 0. The van der Waals surface area contributed by atoms with Crippen molar-refractivity contribution in [3.63, 3.8) is 0 Å². The van der Waals surface area contributed by atoms with E-state index >= 15 is 0 Å². The molecule has 2 aromatic carbocycles. The van der Waals surface area contributed by atoms with E-state index in [0.29, 0.717) is 17.6 Å². The molecule has 4 heteroatoms. The van der Waals surface area contributed by atoms with Gasteiger partial charge in [-0.15, -0.1) is 5.73 Å². The molecular weight excluding hydrogens is 304 g/mol. The van der Waals surface area contributed by atoms with E-state index in [9.17, 15) is 20.4 Å². The lowest BCUT2D eigenvalue weighted by molar-refractivity contribution is 0.172. The Labute approximate surface area is 141 Å². The first-order chi connectivity index (χ1) is 11.6. The summed E-state index contributed by atoms with van der Waals surface area (Å²) in [5.41, 5.74) is 5.01. The third-order valence-electron chi connectivity index (χ3n) is 3.74. The number of benzene rings is 2. The summed E-state index contributed by atoms with van der Waals surface area (Å²) in [6.45, 7) is -0.199. The van der Waals surface area contributed by atoms with Gasteiger partial charge in [0.2, 0.25) is 0 Å². The zero-order chi connectivity index (χ0) is 17.4. The van der Waals surface area contributed by atoms with Crippen molar-refractivity contribution < 1.29 is 20.4 Å². The van der Waals surface area contributed by atoms with E-state index in [4.69, 9.17) is 0 Å². The molecule has 0 radical (unpaired) electrons. The van der Waals surface area contributed by atoms with Gasteiger partial charge in [-0.25, -0.2) is 0 Å². The maximum absolute atomic E-state index is 10.2. The van der Waals surface area contributed by atoms with Gasteiger partial charge in [0.25, 0.3) is 0 Å². The second-order valence-electron chi connectivity index (χ2n) is 5.58. The Bertz CT molecular complexity index is 685. The fraction of sp³-hybridized carbons (Fsp3) is 0.250. The summed E-state index contributed by atoms with van der Waals surface area (Å²) in [4.78, 5) is 0. The number of phenols is 1. The lowest BCUT2D eigenvalue weighted by Gasteiger charge is -2.11. The number of phenolic OH excluding ortho intramolecular Hbond substituents is 1. The second-order valence-corrected chi connectivity index (χ2v) is 5.58. The second kappa shape index (κ2) is 9.06. The van der Waals surface area contributed by atoms with Crippen LogP contribution in [0.1, 0.15) is 36.2 Å². The Kier molecular flexibility index (Phi) is 6.79. The number of hydrogen-bond acceptors (Lipinski definition) is 4. The monoisotopic (exact) mass is 326 g/mol. The van der Waals surface area contributed by atoms with E-state index in [1.807, 2.05) is 30.3 Å². The van der Waals surface area contributed by atoms with Crippen molar-refractivity contribution in [3.8, 4) is 5.75 Å². The third-order valence-corrected chi connectivity index (χ3v) is 3.74. The van der Waals surface area contributed by atoms with Gasteiger partial charge < -0.3 is 20.4 Å². The molecule has 0 spiro atoms. The molecule has 0 heterocycles. The molecule has 0 aliphatic rings. The standard InChI is InChI=1S/C20H22O4/c21-14-15(13-20(24)16-6-2-1-3-7-16)5-4-8-19(23)17-9-11-18(22)12-10-17/h1-4,6-7,9-12,19-24H,8,13-14H2/t5?,19-,20-/m1/s1. The predicted molar refractivity (Wildman–Crippen MR) is 92.4 cm³/mol. The Morgan fingerprint density at radius 1 is 0.917 bits per heavy atom. The molecule has 0 fully saturated rings. The first kappa shape index (κ1) is 18.0. The van der Waals surface area contributed by atoms with Crippen molar-refractivity contribution in [1.29, 1.82) is 0 Å². The average molecular weight is 326 g/mol. The van der Waals surface area contributed by atoms with Crippen molar-refractivity contribution in [2.45, 2.75) is 25.0 Å². The molecule has 0 bridgehead atoms. The molecule has 0 unspecified atom stereocenters.